The van der Waals surface area contributed by atoms with Crippen molar-refractivity contribution in [3.05, 3.63) is 65.2 Å². The van der Waals surface area contributed by atoms with Gasteiger partial charge >= 0.3 is 5.97 Å². The summed E-state index contributed by atoms with van der Waals surface area (Å²) in [6.45, 7) is 4.64. The summed E-state index contributed by atoms with van der Waals surface area (Å²) in [5.41, 5.74) is 2.50. The van der Waals surface area contributed by atoms with Crippen molar-refractivity contribution >= 4 is 40.4 Å². The number of hydrazone groups is 1. The van der Waals surface area contributed by atoms with E-state index >= 15 is 0 Å². The Labute approximate surface area is 194 Å². The van der Waals surface area contributed by atoms with Gasteiger partial charge in [0.1, 0.15) is 19.0 Å². The van der Waals surface area contributed by atoms with Gasteiger partial charge in [-0.3, -0.25) is 25.1 Å². The van der Waals surface area contributed by atoms with Gasteiger partial charge < -0.3 is 19.5 Å². The molecule has 0 radical (unpaired) electrons. The number of hydrogen-bond donors (Lipinski definition) is 2. The number of esters is 1. The highest BCUT2D eigenvalue weighted by Gasteiger charge is 2.18. The maximum Gasteiger partial charge on any atom is 0.330 e. The van der Waals surface area contributed by atoms with Crippen LogP contribution in [-0.2, 0) is 19.1 Å². The van der Waals surface area contributed by atoms with Gasteiger partial charge in [0.15, 0.2) is 17.2 Å². The van der Waals surface area contributed by atoms with E-state index in [4.69, 9.17) is 14.2 Å². The van der Waals surface area contributed by atoms with Gasteiger partial charge in [-0.15, -0.1) is 0 Å². The van der Waals surface area contributed by atoms with Crippen LogP contribution in [0.5, 0.6) is 11.5 Å². The van der Waals surface area contributed by atoms with Crippen LogP contribution in [-0.4, -0.2) is 48.6 Å². The third kappa shape index (κ3) is 7.44. The number of nitro groups is 1. The first-order valence-electron chi connectivity index (χ1n) is 9.75. The summed E-state index contributed by atoms with van der Waals surface area (Å²) in [4.78, 5) is 45.8. The minimum absolute atomic E-state index is 0.0499. The summed E-state index contributed by atoms with van der Waals surface area (Å²) in [6.07, 6.45) is 1.05. The van der Waals surface area contributed by atoms with E-state index in [1.807, 2.05) is 0 Å². The number of rotatable bonds is 12. The Hall–Kier alpha value is -4.74. The van der Waals surface area contributed by atoms with Crippen LogP contribution in [0.4, 0.5) is 17.1 Å². The van der Waals surface area contributed by atoms with E-state index < -0.39 is 28.3 Å². The van der Waals surface area contributed by atoms with E-state index in [2.05, 4.69) is 22.4 Å². The van der Waals surface area contributed by atoms with Crippen molar-refractivity contribution < 1.29 is 33.5 Å². The number of ether oxygens (including phenoxy) is 3. The second-order valence-corrected chi connectivity index (χ2v) is 6.47. The molecule has 0 unspecified atom stereocenters. The summed E-state index contributed by atoms with van der Waals surface area (Å²) in [6, 6.07) is 10.00. The fourth-order valence-electron chi connectivity index (χ4n) is 2.48. The first-order chi connectivity index (χ1) is 16.2. The maximum atomic E-state index is 12.6. The van der Waals surface area contributed by atoms with Crippen LogP contribution in [0.25, 0.3) is 0 Å². The molecule has 2 aromatic rings. The van der Waals surface area contributed by atoms with Crippen LogP contribution >= 0.6 is 0 Å². The van der Waals surface area contributed by atoms with Crippen LogP contribution in [0.15, 0.2) is 60.2 Å². The molecule has 0 aliphatic heterocycles. The first kappa shape index (κ1) is 25.5. The minimum atomic E-state index is -0.772. The largest absolute Gasteiger partial charge is 0.494 e. The lowest BCUT2D eigenvalue weighted by molar-refractivity contribution is -0.384. The van der Waals surface area contributed by atoms with Gasteiger partial charge in [-0.25, -0.2) is 4.79 Å². The molecular weight excluding hydrogens is 448 g/mol. The second kappa shape index (κ2) is 12.3. The smallest absolute Gasteiger partial charge is 0.330 e. The Morgan fingerprint density at radius 3 is 2.44 bits per heavy atom. The van der Waals surface area contributed by atoms with E-state index in [1.165, 1.54) is 32.2 Å². The Bertz CT molecular complexity index is 1110. The lowest BCUT2D eigenvalue weighted by Crippen LogP contribution is -2.29. The van der Waals surface area contributed by atoms with E-state index in [0.717, 1.165) is 6.08 Å². The van der Waals surface area contributed by atoms with Crippen molar-refractivity contribution in [2.75, 3.05) is 31.1 Å². The predicted octanol–water partition coefficient (Wildman–Crippen LogP) is 2.71. The summed E-state index contributed by atoms with van der Waals surface area (Å²) < 4.78 is 15.3. The van der Waals surface area contributed by atoms with Crippen molar-refractivity contribution in [1.29, 1.82) is 0 Å². The predicted molar refractivity (Wildman–Crippen MR) is 123 cm³/mol. The van der Waals surface area contributed by atoms with Crippen LogP contribution in [0.1, 0.15) is 6.92 Å². The van der Waals surface area contributed by atoms with Crippen molar-refractivity contribution in [2.45, 2.75) is 6.92 Å². The van der Waals surface area contributed by atoms with E-state index in [9.17, 15) is 24.5 Å². The molecule has 0 aliphatic rings. The molecule has 0 saturated carbocycles. The van der Waals surface area contributed by atoms with Crippen LogP contribution in [0.2, 0.25) is 0 Å². The molecule has 0 aliphatic carbocycles. The number of nitro benzene ring substituents is 1. The van der Waals surface area contributed by atoms with Crippen molar-refractivity contribution in [3.8, 4) is 11.5 Å². The molecule has 12 nitrogen and oxygen atoms in total. The van der Waals surface area contributed by atoms with Crippen molar-refractivity contribution in [1.82, 2.24) is 0 Å². The zero-order chi connectivity index (χ0) is 25.1. The molecule has 34 heavy (non-hydrogen) atoms. The van der Waals surface area contributed by atoms with Gasteiger partial charge in [-0.05, 0) is 30.3 Å². The molecule has 0 fully saturated rings. The zero-order valence-corrected chi connectivity index (χ0v) is 18.4. The molecule has 2 N–H and O–H groups in total. The van der Waals surface area contributed by atoms with Gasteiger partial charge in [0.05, 0.1) is 23.8 Å². The minimum Gasteiger partial charge on any atom is -0.494 e. The zero-order valence-electron chi connectivity index (χ0n) is 18.4. The van der Waals surface area contributed by atoms with E-state index in [-0.39, 0.29) is 30.3 Å². The number of ketones is 1. The van der Waals surface area contributed by atoms with Gasteiger partial charge in [0.2, 0.25) is 0 Å². The lowest BCUT2D eigenvalue weighted by atomic mass is 10.2. The molecule has 0 heterocycles. The molecule has 0 spiro atoms. The normalized spacial score (nSPS) is 10.6. The van der Waals surface area contributed by atoms with Gasteiger partial charge in [-0.1, -0.05) is 6.58 Å². The van der Waals surface area contributed by atoms with Crippen LogP contribution in [0.3, 0.4) is 0 Å². The molecule has 178 valence electrons. The Morgan fingerprint density at radius 2 is 1.85 bits per heavy atom. The summed E-state index contributed by atoms with van der Waals surface area (Å²) in [5, 5.41) is 17.3. The monoisotopic (exact) mass is 470 g/mol. The third-order valence-corrected chi connectivity index (χ3v) is 4.11. The summed E-state index contributed by atoms with van der Waals surface area (Å²) in [5.74, 6) is -1.35. The Morgan fingerprint density at radius 1 is 1.15 bits per heavy atom. The summed E-state index contributed by atoms with van der Waals surface area (Å²) in [7, 11) is 1.31. The van der Waals surface area contributed by atoms with E-state index in [0.29, 0.717) is 11.4 Å². The average molecular weight is 470 g/mol. The number of benzene rings is 2. The van der Waals surface area contributed by atoms with E-state index in [1.54, 1.807) is 24.3 Å². The molecule has 0 saturated heterocycles. The third-order valence-electron chi connectivity index (χ3n) is 4.11. The molecule has 2 rings (SSSR count). The lowest BCUT2D eigenvalue weighted by Gasteiger charge is -2.10. The van der Waals surface area contributed by atoms with Crippen LogP contribution in [0, 0.1) is 10.1 Å². The van der Waals surface area contributed by atoms with Gasteiger partial charge in [-0.2, -0.15) is 5.10 Å². The van der Waals surface area contributed by atoms with Gasteiger partial charge in [0, 0.05) is 24.8 Å². The quantitative estimate of drug-likeness (QED) is 0.0904. The van der Waals surface area contributed by atoms with Crippen LogP contribution < -0.4 is 20.2 Å². The fourth-order valence-corrected chi connectivity index (χ4v) is 2.48. The number of methoxy groups -OCH3 is 1. The number of amides is 1. The van der Waals surface area contributed by atoms with Crippen molar-refractivity contribution in [2.24, 2.45) is 5.10 Å². The molecule has 0 bridgehead atoms. The molecule has 0 aromatic heterocycles. The number of non-ortho nitro benzene ring substituents is 1. The Balaban J connectivity index is 2.03. The van der Waals surface area contributed by atoms with Gasteiger partial charge in [0.25, 0.3) is 11.6 Å². The number of carbonyl (C=O) groups is 3. The highest BCUT2D eigenvalue weighted by atomic mass is 16.6. The number of nitrogens with one attached hydrogen (secondary N) is 2. The number of carbonyl (C=O) groups excluding carboxylic acids is 3. The average Bonchev–Trinajstić information content (AvgIpc) is 2.82. The summed E-state index contributed by atoms with van der Waals surface area (Å²) >= 11 is 0. The highest BCUT2D eigenvalue weighted by molar-refractivity contribution is 6.67. The number of Topliss-reactive ketones (excluding diaryl/α,β-unsaturated/α-hetero) is 1. The molecule has 1 amide bonds. The number of hydrogen-bond acceptors (Lipinski definition) is 10. The Kier molecular flexibility index (Phi) is 9.26. The standard InChI is InChI=1S/C22H22N4O8/c1-4-20(28)34-12-11-33-17-8-5-15(6-9-17)23-22(29)21(14(2)27)25-24-18-10-7-16(26(30)31)13-19(18)32-3/h4-10,13,24H,1,11-12H2,2-3H3,(H,23,29)/b25-21-. The molecule has 2 aromatic carbocycles. The number of anilines is 2. The second-order valence-electron chi connectivity index (χ2n) is 6.47. The molecule has 0 atom stereocenters. The topological polar surface area (TPSA) is 158 Å². The first-order valence-corrected chi connectivity index (χ1v) is 9.75. The fraction of sp³-hybridized carbons (Fsp3) is 0.182. The molecule has 12 heteroatoms. The SMILES string of the molecule is C=CC(=O)OCCOc1ccc(NC(=O)/C(=N\Nc2ccc([N+](=O)[O-])cc2OC)C(C)=O)cc1. The molecular formula is C22H22N4O8. The van der Waals surface area contributed by atoms with Crippen molar-refractivity contribution in [3.63, 3.8) is 0 Å². The highest BCUT2D eigenvalue weighted by Crippen LogP contribution is 2.29. The maximum absolute atomic E-state index is 12.6. The number of nitrogens with zero attached hydrogens (tertiary/aromatic N) is 2.